The maximum absolute atomic E-state index is 12.1. The molecule has 0 spiro atoms. The average molecular weight is 460 g/mol. The molecular weight excluding hydrogens is 444 g/mol. The summed E-state index contributed by atoms with van der Waals surface area (Å²) in [5, 5.41) is 6.11. The summed E-state index contributed by atoms with van der Waals surface area (Å²) in [6.45, 7) is -0.146. The zero-order valence-corrected chi connectivity index (χ0v) is 17.0. The number of halogens is 2. The fraction of sp³-hybridized carbons (Fsp3) is 0.0476. The van der Waals surface area contributed by atoms with Gasteiger partial charge < -0.3 is 15.4 Å². The minimum Gasteiger partial charge on any atom is -0.483 e. The normalized spacial score (nSPS) is 10.2. The fourth-order valence-electron chi connectivity index (χ4n) is 2.36. The molecule has 0 aliphatic rings. The van der Waals surface area contributed by atoms with E-state index in [1.807, 2.05) is 6.07 Å². The molecule has 142 valence electrons. The van der Waals surface area contributed by atoms with E-state index in [4.69, 9.17) is 16.3 Å². The van der Waals surface area contributed by atoms with E-state index < -0.39 is 0 Å². The van der Waals surface area contributed by atoms with Crippen LogP contribution in [-0.4, -0.2) is 18.4 Å². The molecule has 0 bridgehead atoms. The highest BCUT2D eigenvalue weighted by Crippen LogP contribution is 2.27. The summed E-state index contributed by atoms with van der Waals surface area (Å²) < 4.78 is 6.15. The Labute approximate surface area is 175 Å². The van der Waals surface area contributed by atoms with E-state index in [0.717, 1.165) is 0 Å². The lowest BCUT2D eigenvalue weighted by molar-refractivity contribution is -0.118. The summed E-state index contributed by atoms with van der Waals surface area (Å²) in [4.78, 5) is 24.2. The molecule has 7 heteroatoms. The van der Waals surface area contributed by atoms with Gasteiger partial charge in [-0.25, -0.2) is 0 Å². The molecule has 3 rings (SSSR count). The molecular formula is C21H16BrClN2O3. The van der Waals surface area contributed by atoms with E-state index in [1.54, 1.807) is 66.7 Å². The van der Waals surface area contributed by atoms with Crippen molar-refractivity contribution in [1.82, 2.24) is 0 Å². The van der Waals surface area contributed by atoms with E-state index in [2.05, 4.69) is 26.6 Å². The predicted molar refractivity (Wildman–Crippen MR) is 114 cm³/mol. The maximum atomic E-state index is 12.1. The lowest BCUT2D eigenvalue weighted by Gasteiger charge is -2.10. The number of amides is 2. The third-order valence-electron chi connectivity index (χ3n) is 3.72. The molecule has 0 unspecified atom stereocenters. The molecule has 0 atom stereocenters. The molecule has 5 nitrogen and oxygen atoms in total. The van der Waals surface area contributed by atoms with Crippen LogP contribution in [0.4, 0.5) is 11.4 Å². The number of nitrogens with one attached hydrogen (secondary N) is 2. The van der Waals surface area contributed by atoms with Crippen LogP contribution in [0.2, 0.25) is 5.02 Å². The minimum atomic E-state index is -0.303. The molecule has 0 aliphatic carbocycles. The highest BCUT2D eigenvalue weighted by atomic mass is 79.9. The Morgan fingerprint density at radius 3 is 2.18 bits per heavy atom. The first-order chi connectivity index (χ1) is 13.5. The number of carbonyl (C=O) groups is 2. The van der Waals surface area contributed by atoms with Gasteiger partial charge in [-0.1, -0.05) is 29.8 Å². The Kier molecular flexibility index (Phi) is 6.68. The molecule has 0 heterocycles. The molecule has 0 saturated carbocycles. The molecule has 3 aromatic carbocycles. The van der Waals surface area contributed by atoms with Crippen LogP contribution >= 0.6 is 27.5 Å². The summed E-state index contributed by atoms with van der Waals surface area (Å²) in [5.74, 6) is 0.0285. The highest BCUT2D eigenvalue weighted by Gasteiger charge is 2.08. The van der Waals surface area contributed by atoms with Crippen LogP contribution in [-0.2, 0) is 4.79 Å². The minimum absolute atomic E-state index is 0.146. The second-order valence-corrected chi connectivity index (χ2v) is 7.10. The zero-order chi connectivity index (χ0) is 19.9. The van der Waals surface area contributed by atoms with Gasteiger partial charge in [0.15, 0.2) is 6.61 Å². The third-order valence-corrected chi connectivity index (χ3v) is 4.57. The van der Waals surface area contributed by atoms with Crippen molar-refractivity contribution in [3.05, 3.63) is 87.9 Å². The SMILES string of the molecule is O=C(COc1ccc(Cl)cc1Br)Nc1ccc(NC(=O)c2ccccc2)cc1. The lowest BCUT2D eigenvalue weighted by atomic mass is 10.2. The van der Waals surface area contributed by atoms with Gasteiger partial charge >= 0.3 is 0 Å². The summed E-state index contributed by atoms with van der Waals surface area (Å²) >= 11 is 9.21. The monoisotopic (exact) mass is 458 g/mol. The summed E-state index contributed by atoms with van der Waals surface area (Å²) in [7, 11) is 0. The Morgan fingerprint density at radius 1 is 0.893 bits per heavy atom. The predicted octanol–water partition coefficient (Wildman–Crippen LogP) is 5.37. The third kappa shape index (κ3) is 5.58. The standard InChI is InChI=1S/C21H16BrClN2O3/c22-18-12-15(23)6-11-19(18)28-13-20(26)24-16-7-9-17(10-8-16)25-21(27)14-4-2-1-3-5-14/h1-12H,13H2,(H,24,26)(H,25,27). The fourth-order valence-corrected chi connectivity index (χ4v) is 3.16. The van der Waals surface area contributed by atoms with Crippen LogP contribution < -0.4 is 15.4 Å². The van der Waals surface area contributed by atoms with Gasteiger partial charge in [0.05, 0.1) is 4.47 Å². The number of anilines is 2. The largest absolute Gasteiger partial charge is 0.483 e. The molecule has 0 aromatic heterocycles. The number of ether oxygens (including phenoxy) is 1. The van der Waals surface area contributed by atoms with Crippen molar-refractivity contribution in [3.63, 3.8) is 0 Å². The van der Waals surface area contributed by atoms with Crippen molar-refractivity contribution in [2.45, 2.75) is 0 Å². The Balaban J connectivity index is 1.52. The molecule has 0 fully saturated rings. The molecule has 2 amide bonds. The first-order valence-corrected chi connectivity index (χ1v) is 9.52. The molecule has 3 aromatic rings. The van der Waals surface area contributed by atoms with Gasteiger partial charge in [-0.05, 0) is 70.5 Å². The number of carbonyl (C=O) groups excluding carboxylic acids is 2. The van der Waals surface area contributed by atoms with Gasteiger partial charge in [0.25, 0.3) is 11.8 Å². The van der Waals surface area contributed by atoms with Crippen LogP contribution in [0.15, 0.2) is 77.3 Å². The molecule has 0 radical (unpaired) electrons. The number of rotatable bonds is 6. The summed E-state index contributed by atoms with van der Waals surface area (Å²) in [6, 6.07) is 20.8. The summed E-state index contributed by atoms with van der Waals surface area (Å²) in [5.41, 5.74) is 1.81. The Bertz CT molecular complexity index is 979. The van der Waals surface area contributed by atoms with E-state index in [9.17, 15) is 9.59 Å². The van der Waals surface area contributed by atoms with Gasteiger partial charge in [-0.15, -0.1) is 0 Å². The van der Waals surface area contributed by atoms with Crippen molar-refractivity contribution in [1.29, 1.82) is 0 Å². The summed E-state index contributed by atoms with van der Waals surface area (Å²) in [6.07, 6.45) is 0. The van der Waals surface area contributed by atoms with E-state index >= 15 is 0 Å². The van der Waals surface area contributed by atoms with Crippen molar-refractivity contribution >= 4 is 50.7 Å². The molecule has 28 heavy (non-hydrogen) atoms. The highest BCUT2D eigenvalue weighted by molar-refractivity contribution is 9.10. The van der Waals surface area contributed by atoms with Crippen LogP contribution in [0.5, 0.6) is 5.75 Å². The van der Waals surface area contributed by atoms with E-state index in [0.29, 0.717) is 32.2 Å². The topological polar surface area (TPSA) is 67.4 Å². The Morgan fingerprint density at radius 2 is 1.54 bits per heavy atom. The number of benzene rings is 3. The van der Waals surface area contributed by atoms with Gasteiger partial charge in [-0.2, -0.15) is 0 Å². The average Bonchev–Trinajstić information content (AvgIpc) is 2.69. The van der Waals surface area contributed by atoms with Crippen LogP contribution in [0.25, 0.3) is 0 Å². The van der Waals surface area contributed by atoms with Crippen LogP contribution in [0.3, 0.4) is 0 Å². The van der Waals surface area contributed by atoms with E-state index in [1.165, 1.54) is 0 Å². The van der Waals surface area contributed by atoms with Crippen molar-refractivity contribution in [2.24, 2.45) is 0 Å². The zero-order valence-electron chi connectivity index (χ0n) is 14.6. The van der Waals surface area contributed by atoms with Crippen molar-refractivity contribution in [3.8, 4) is 5.75 Å². The van der Waals surface area contributed by atoms with Crippen molar-refractivity contribution < 1.29 is 14.3 Å². The van der Waals surface area contributed by atoms with Crippen LogP contribution in [0, 0.1) is 0 Å². The first-order valence-electron chi connectivity index (χ1n) is 8.35. The maximum Gasteiger partial charge on any atom is 0.262 e. The van der Waals surface area contributed by atoms with E-state index in [-0.39, 0.29) is 18.4 Å². The van der Waals surface area contributed by atoms with Gasteiger partial charge in [0.1, 0.15) is 5.75 Å². The lowest BCUT2D eigenvalue weighted by Crippen LogP contribution is -2.20. The number of hydrogen-bond donors (Lipinski definition) is 2. The smallest absolute Gasteiger partial charge is 0.262 e. The first kappa shape index (κ1) is 19.9. The molecule has 0 aliphatic heterocycles. The van der Waals surface area contributed by atoms with Crippen molar-refractivity contribution in [2.75, 3.05) is 17.2 Å². The van der Waals surface area contributed by atoms with Gasteiger partial charge in [0, 0.05) is 22.0 Å². The molecule has 2 N–H and O–H groups in total. The number of hydrogen-bond acceptors (Lipinski definition) is 3. The Hall–Kier alpha value is -2.83. The molecule has 0 saturated heterocycles. The van der Waals surface area contributed by atoms with Gasteiger partial charge in [0.2, 0.25) is 0 Å². The quantitative estimate of drug-likeness (QED) is 0.520. The van der Waals surface area contributed by atoms with Crippen LogP contribution in [0.1, 0.15) is 10.4 Å². The second-order valence-electron chi connectivity index (χ2n) is 5.81. The van der Waals surface area contributed by atoms with Gasteiger partial charge in [-0.3, -0.25) is 9.59 Å². The second kappa shape index (κ2) is 9.39.